The van der Waals surface area contributed by atoms with Crippen molar-refractivity contribution >= 4 is 0 Å². The third-order valence-corrected chi connectivity index (χ3v) is 2.89. The molecule has 0 aliphatic heterocycles. The van der Waals surface area contributed by atoms with E-state index in [9.17, 15) is 0 Å². The first-order valence-corrected chi connectivity index (χ1v) is 5.81. The van der Waals surface area contributed by atoms with E-state index in [4.69, 9.17) is 0 Å². The van der Waals surface area contributed by atoms with Crippen molar-refractivity contribution in [1.82, 2.24) is 0 Å². The van der Waals surface area contributed by atoms with Crippen molar-refractivity contribution in [1.29, 1.82) is 0 Å². The van der Waals surface area contributed by atoms with Crippen LogP contribution >= 0.6 is 0 Å². The van der Waals surface area contributed by atoms with Crippen LogP contribution in [-0.2, 0) is 6.42 Å². The Morgan fingerprint density at radius 3 is 2.73 bits per heavy atom. The predicted molar refractivity (Wildman–Crippen MR) is 65.8 cm³/mol. The Morgan fingerprint density at radius 1 is 1.00 bits per heavy atom. The van der Waals surface area contributed by atoms with Crippen LogP contribution in [0.15, 0.2) is 54.6 Å². The van der Waals surface area contributed by atoms with Crippen molar-refractivity contribution < 1.29 is 0 Å². The Labute approximate surface area is 92.3 Å². The van der Waals surface area contributed by atoms with Crippen LogP contribution in [0.5, 0.6) is 0 Å². The van der Waals surface area contributed by atoms with E-state index >= 15 is 0 Å². The van der Waals surface area contributed by atoms with Crippen LogP contribution in [0.2, 0.25) is 0 Å². The van der Waals surface area contributed by atoms with E-state index in [2.05, 4.69) is 54.6 Å². The zero-order chi connectivity index (χ0) is 10.3. The topological polar surface area (TPSA) is 0 Å². The molecule has 0 spiro atoms. The molecule has 1 aromatic rings. The smallest absolute Gasteiger partial charge is 0.0169 e. The van der Waals surface area contributed by atoms with Crippen LogP contribution in [0.3, 0.4) is 0 Å². The fraction of sp³-hybridized carbons (Fsp3) is 0.333. The van der Waals surface area contributed by atoms with E-state index in [0.29, 0.717) is 0 Å². The Bertz CT molecular complexity index is 332. The molecule has 0 amide bonds. The van der Waals surface area contributed by atoms with Crippen LogP contribution < -0.4 is 0 Å². The molecule has 0 bridgehead atoms. The Balaban J connectivity index is 1.96. The van der Waals surface area contributed by atoms with Gasteiger partial charge in [-0.15, -0.1) is 0 Å². The van der Waals surface area contributed by atoms with Crippen molar-refractivity contribution in [3.63, 3.8) is 0 Å². The highest BCUT2D eigenvalue weighted by Crippen LogP contribution is 2.18. The largest absolute Gasteiger partial charge is 0.0882 e. The number of benzene rings is 1. The van der Waals surface area contributed by atoms with E-state index in [-0.39, 0.29) is 0 Å². The Kier molecular flexibility index (Phi) is 3.78. The quantitative estimate of drug-likeness (QED) is 0.626. The summed E-state index contributed by atoms with van der Waals surface area (Å²) in [6, 6.07) is 10.8. The van der Waals surface area contributed by atoms with Crippen molar-refractivity contribution in [2.45, 2.75) is 25.7 Å². The van der Waals surface area contributed by atoms with Crippen LogP contribution in [0, 0.1) is 5.92 Å². The predicted octanol–water partition coefficient (Wildman–Crippen LogP) is 4.14. The van der Waals surface area contributed by atoms with Gasteiger partial charge in [-0.25, -0.2) is 0 Å². The first kappa shape index (κ1) is 10.2. The summed E-state index contributed by atoms with van der Waals surface area (Å²) in [7, 11) is 0. The van der Waals surface area contributed by atoms with E-state index in [1.54, 1.807) is 0 Å². The molecule has 1 aliphatic rings. The molecule has 0 radical (unpaired) electrons. The summed E-state index contributed by atoms with van der Waals surface area (Å²) in [5.74, 6) is 0.720. The molecule has 0 saturated heterocycles. The summed E-state index contributed by atoms with van der Waals surface area (Å²) in [6.07, 6.45) is 14.0. The lowest BCUT2D eigenvalue weighted by Gasteiger charge is -2.12. The maximum atomic E-state index is 2.39. The third-order valence-electron chi connectivity index (χ3n) is 2.89. The minimum atomic E-state index is 0.720. The lowest BCUT2D eigenvalue weighted by molar-refractivity contribution is 0.591. The highest BCUT2D eigenvalue weighted by atomic mass is 14.1. The lowest BCUT2D eigenvalue weighted by Crippen LogP contribution is -2.01. The molecule has 15 heavy (non-hydrogen) atoms. The average Bonchev–Trinajstić information content (AvgIpc) is 2.23. The standard InChI is InChI=1S/C15H18/c1-2-5-9-14(10-6-3-1)13-15-11-7-4-8-12-15/h1-2,4,6-8,10-12,14H,3,5,9,13H2/b2-1-,10-6-. The highest BCUT2D eigenvalue weighted by Gasteiger charge is 2.05. The molecule has 1 aromatic carbocycles. The molecule has 78 valence electrons. The summed E-state index contributed by atoms with van der Waals surface area (Å²) in [4.78, 5) is 0. The van der Waals surface area contributed by atoms with Gasteiger partial charge in [0, 0.05) is 0 Å². The van der Waals surface area contributed by atoms with Gasteiger partial charge in [-0.05, 0) is 37.2 Å². The molecule has 0 nitrogen and oxygen atoms in total. The van der Waals surface area contributed by atoms with Gasteiger partial charge in [-0.1, -0.05) is 54.6 Å². The molecule has 0 fully saturated rings. The molecular formula is C15H18. The van der Waals surface area contributed by atoms with E-state index < -0.39 is 0 Å². The summed E-state index contributed by atoms with van der Waals surface area (Å²) < 4.78 is 0. The third kappa shape index (κ3) is 3.39. The minimum Gasteiger partial charge on any atom is -0.0882 e. The number of allylic oxidation sites excluding steroid dienone is 4. The van der Waals surface area contributed by atoms with Gasteiger partial charge in [0.05, 0.1) is 0 Å². The second-order valence-electron chi connectivity index (χ2n) is 4.16. The lowest BCUT2D eigenvalue weighted by atomic mass is 9.93. The second kappa shape index (κ2) is 5.55. The summed E-state index contributed by atoms with van der Waals surface area (Å²) in [6.45, 7) is 0. The maximum absolute atomic E-state index is 2.39. The molecule has 1 aliphatic carbocycles. The molecule has 1 unspecified atom stereocenters. The minimum absolute atomic E-state index is 0.720. The maximum Gasteiger partial charge on any atom is -0.0169 e. The summed E-state index contributed by atoms with van der Waals surface area (Å²) in [5.41, 5.74) is 1.46. The highest BCUT2D eigenvalue weighted by molar-refractivity contribution is 5.16. The van der Waals surface area contributed by atoms with Gasteiger partial charge < -0.3 is 0 Å². The van der Waals surface area contributed by atoms with Gasteiger partial charge in [0.2, 0.25) is 0 Å². The first-order chi connectivity index (χ1) is 7.45. The molecule has 0 heterocycles. The van der Waals surface area contributed by atoms with Gasteiger partial charge in [-0.3, -0.25) is 0 Å². The van der Waals surface area contributed by atoms with Gasteiger partial charge in [0.15, 0.2) is 0 Å². The van der Waals surface area contributed by atoms with Gasteiger partial charge >= 0.3 is 0 Å². The zero-order valence-electron chi connectivity index (χ0n) is 9.10. The monoisotopic (exact) mass is 198 g/mol. The van der Waals surface area contributed by atoms with Crippen LogP contribution in [0.25, 0.3) is 0 Å². The Morgan fingerprint density at radius 2 is 1.87 bits per heavy atom. The SMILES string of the molecule is C1=C\CCC(Cc2ccccc2)/C=C\C/1. The molecule has 0 N–H and O–H groups in total. The molecular weight excluding hydrogens is 180 g/mol. The first-order valence-electron chi connectivity index (χ1n) is 5.81. The fourth-order valence-electron chi connectivity index (χ4n) is 2.06. The molecule has 1 atom stereocenters. The van der Waals surface area contributed by atoms with Gasteiger partial charge in [-0.2, -0.15) is 0 Å². The van der Waals surface area contributed by atoms with Crippen LogP contribution in [0.1, 0.15) is 24.8 Å². The summed E-state index contributed by atoms with van der Waals surface area (Å²) >= 11 is 0. The van der Waals surface area contributed by atoms with Crippen molar-refractivity contribution in [2.75, 3.05) is 0 Å². The molecule has 0 saturated carbocycles. The normalized spacial score (nSPS) is 25.2. The van der Waals surface area contributed by atoms with Gasteiger partial charge in [0.25, 0.3) is 0 Å². The molecule has 0 heteroatoms. The number of rotatable bonds is 2. The molecule has 2 rings (SSSR count). The zero-order valence-corrected chi connectivity index (χ0v) is 9.10. The number of hydrogen-bond donors (Lipinski definition) is 0. The molecule has 0 aromatic heterocycles. The van der Waals surface area contributed by atoms with E-state index in [1.165, 1.54) is 24.8 Å². The van der Waals surface area contributed by atoms with E-state index in [1.807, 2.05) is 0 Å². The van der Waals surface area contributed by atoms with Crippen LogP contribution in [-0.4, -0.2) is 0 Å². The fourth-order valence-corrected chi connectivity index (χ4v) is 2.06. The van der Waals surface area contributed by atoms with Gasteiger partial charge in [0.1, 0.15) is 0 Å². The van der Waals surface area contributed by atoms with Crippen molar-refractivity contribution in [2.24, 2.45) is 5.92 Å². The second-order valence-corrected chi connectivity index (χ2v) is 4.16. The van der Waals surface area contributed by atoms with E-state index in [0.717, 1.165) is 12.3 Å². The van der Waals surface area contributed by atoms with Crippen molar-refractivity contribution in [3.05, 3.63) is 60.2 Å². The Hall–Kier alpha value is -1.30. The van der Waals surface area contributed by atoms with Crippen LogP contribution in [0.4, 0.5) is 0 Å². The summed E-state index contributed by atoms with van der Waals surface area (Å²) in [5, 5.41) is 0. The van der Waals surface area contributed by atoms with Crippen molar-refractivity contribution in [3.8, 4) is 0 Å². The average molecular weight is 198 g/mol. The number of hydrogen-bond acceptors (Lipinski definition) is 0.